The fourth-order valence-corrected chi connectivity index (χ4v) is 0.757. The van der Waals surface area contributed by atoms with Crippen molar-refractivity contribution in [3.63, 3.8) is 0 Å². The second kappa shape index (κ2) is 5.92. The van der Waals surface area contributed by atoms with Crippen LogP contribution in [0.2, 0.25) is 0 Å². The maximum absolute atomic E-state index is 10.3. The number of amides is 1. The molecule has 0 unspecified atom stereocenters. The van der Waals surface area contributed by atoms with E-state index >= 15 is 0 Å². The molecule has 0 saturated carbocycles. The van der Waals surface area contributed by atoms with Gasteiger partial charge in [-0.1, -0.05) is 6.58 Å². The van der Waals surface area contributed by atoms with Crippen LogP contribution in [0.3, 0.4) is 0 Å². The smallest absolute Gasteiger partial charge is 0.213 e. The molecule has 0 aliphatic heterocycles. The van der Waals surface area contributed by atoms with E-state index in [1.165, 1.54) is 0 Å². The topological polar surface area (TPSA) is 23.6 Å². The van der Waals surface area contributed by atoms with Gasteiger partial charge in [0, 0.05) is 6.54 Å². The molecular weight excluding hydrogens is 140 g/mol. The average molecular weight is 156 g/mol. The van der Waals surface area contributed by atoms with Crippen LogP contribution in [0.1, 0.15) is 6.42 Å². The maximum Gasteiger partial charge on any atom is 0.213 e. The summed E-state index contributed by atoms with van der Waals surface area (Å²) in [5, 5.41) is 0. The van der Waals surface area contributed by atoms with Crippen LogP contribution in [0.4, 0.5) is 0 Å². The van der Waals surface area contributed by atoms with Crippen LogP contribution >= 0.6 is 0 Å². The van der Waals surface area contributed by atoms with E-state index in [0.717, 1.165) is 25.9 Å². The van der Waals surface area contributed by atoms with Crippen LogP contribution in [0, 0.1) is 0 Å². The van der Waals surface area contributed by atoms with Crippen molar-refractivity contribution in [3.8, 4) is 0 Å². The summed E-state index contributed by atoms with van der Waals surface area (Å²) in [7, 11) is 4.03. The van der Waals surface area contributed by atoms with Crippen LogP contribution < -0.4 is 0 Å². The standard InChI is InChI=1S/C8H16N2O/c1-4-10(8-11)7-5-6-9(2)3/h4,8H,1,5-7H2,2-3H3. The van der Waals surface area contributed by atoms with Gasteiger partial charge in [0.05, 0.1) is 0 Å². The normalized spacial score (nSPS) is 9.73. The Morgan fingerprint density at radius 1 is 1.36 bits per heavy atom. The van der Waals surface area contributed by atoms with Gasteiger partial charge in [0.25, 0.3) is 0 Å². The van der Waals surface area contributed by atoms with E-state index in [1.54, 1.807) is 11.1 Å². The molecule has 0 bridgehead atoms. The zero-order valence-corrected chi connectivity index (χ0v) is 7.29. The summed E-state index contributed by atoms with van der Waals surface area (Å²) < 4.78 is 0. The number of hydrogen-bond donors (Lipinski definition) is 0. The van der Waals surface area contributed by atoms with Crippen LogP contribution in [0.5, 0.6) is 0 Å². The minimum atomic E-state index is 0.755. The molecule has 64 valence electrons. The summed E-state index contributed by atoms with van der Waals surface area (Å²) in [5.74, 6) is 0. The lowest BCUT2D eigenvalue weighted by Crippen LogP contribution is -2.21. The van der Waals surface area contributed by atoms with Crippen molar-refractivity contribution in [2.75, 3.05) is 27.2 Å². The second-order valence-electron chi connectivity index (χ2n) is 2.68. The largest absolute Gasteiger partial charge is 0.322 e. The molecule has 0 aliphatic carbocycles. The summed E-state index contributed by atoms with van der Waals surface area (Å²) in [6.45, 7) is 5.26. The first-order chi connectivity index (χ1) is 5.20. The Hall–Kier alpha value is -0.830. The van der Waals surface area contributed by atoms with E-state index in [4.69, 9.17) is 0 Å². The maximum atomic E-state index is 10.3. The molecular formula is C8H16N2O. The van der Waals surface area contributed by atoms with Crippen molar-refractivity contribution >= 4 is 6.41 Å². The molecule has 1 amide bonds. The highest BCUT2D eigenvalue weighted by atomic mass is 16.1. The Labute approximate surface area is 68.3 Å². The van der Waals surface area contributed by atoms with E-state index in [0.29, 0.717) is 0 Å². The molecule has 0 fully saturated rings. The lowest BCUT2D eigenvalue weighted by Gasteiger charge is -2.13. The summed E-state index contributed by atoms with van der Waals surface area (Å²) in [6.07, 6.45) is 3.32. The van der Waals surface area contributed by atoms with E-state index in [1.807, 2.05) is 14.1 Å². The fraction of sp³-hybridized carbons (Fsp3) is 0.625. The molecule has 0 aromatic heterocycles. The van der Waals surface area contributed by atoms with Crippen LogP contribution in [-0.2, 0) is 4.79 Å². The van der Waals surface area contributed by atoms with Crippen LogP contribution in [-0.4, -0.2) is 43.4 Å². The highest BCUT2D eigenvalue weighted by Crippen LogP contribution is 1.88. The molecule has 0 saturated heterocycles. The Kier molecular flexibility index (Phi) is 5.47. The van der Waals surface area contributed by atoms with Crippen molar-refractivity contribution < 1.29 is 4.79 Å². The zero-order chi connectivity index (χ0) is 8.69. The number of nitrogens with zero attached hydrogens (tertiary/aromatic N) is 2. The third-order valence-electron chi connectivity index (χ3n) is 1.39. The van der Waals surface area contributed by atoms with Crippen molar-refractivity contribution in [2.24, 2.45) is 0 Å². The van der Waals surface area contributed by atoms with Gasteiger partial charge < -0.3 is 9.80 Å². The Morgan fingerprint density at radius 3 is 2.36 bits per heavy atom. The van der Waals surface area contributed by atoms with Crippen LogP contribution in [0.25, 0.3) is 0 Å². The zero-order valence-electron chi connectivity index (χ0n) is 7.29. The molecule has 0 aromatic rings. The van der Waals surface area contributed by atoms with E-state index < -0.39 is 0 Å². The first kappa shape index (κ1) is 10.2. The lowest BCUT2D eigenvalue weighted by molar-refractivity contribution is -0.115. The van der Waals surface area contributed by atoms with Crippen molar-refractivity contribution in [1.29, 1.82) is 0 Å². The van der Waals surface area contributed by atoms with Crippen molar-refractivity contribution in [1.82, 2.24) is 9.80 Å². The van der Waals surface area contributed by atoms with Gasteiger partial charge >= 0.3 is 0 Å². The molecule has 11 heavy (non-hydrogen) atoms. The van der Waals surface area contributed by atoms with E-state index in [-0.39, 0.29) is 0 Å². The average Bonchev–Trinajstić information content (AvgIpc) is 1.98. The number of rotatable bonds is 6. The van der Waals surface area contributed by atoms with E-state index in [2.05, 4.69) is 11.5 Å². The lowest BCUT2D eigenvalue weighted by atomic mass is 10.4. The number of carbonyl (C=O) groups excluding carboxylic acids is 1. The van der Waals surface area contributed by atoms with Gasteiger partial charge in [-0.25, -0.2) is 0 Å². The molecule has 0 rings (SSSR count). The Morgan fingerprint density at radius 2 is 2.00 bits per heavy atom. The molecule has 0 heterocycles. The fourth-order valence-electron chi connectivity index (χ4n) is 0.757. The second-order valence-corrected chi connectivity index (χ2v) is 2.68. The summed E-state index contributed by atoms with van der Waals surface area (Å²) in [6, 6.07) is 0. The minimum Gasteiger partial charge on any atom is -0.322 e. The predicted molar refractivity (Wildman–Crippen MR) is 46.1 cm³/mol. The minimum absolute atomic E-state index is 0.755. The van der Waals surface area contributed by atoms with Gasteiger partial charge in [0.2, 0.25) is 6.41 Å². The third kappa shape index (κ3) is 5.61. The monoisotopic (exact) mass is 156 g/mol. The van der Waals surface area contributed by atoms with Gasteiger partial charge in [0.1, 0.15) is 0 Å². The first-order valence-corrected chi connectivity index (χ1v) is 3.69. The Balaban J connectivity index is 3.35. The van der Waals surface area contributed by atoms with Crippen molar-refractivity contribution in [3.05, 3.63) is 12.8 Å². The van der Waals surface area contributed by atoms with Gasteiger partial charge in [0.15, 0.2) is 0 Å². The number of carbonyl (C=O) groups is 1. The molecule has 0 N–H and O–H groups in total. The quantitative estimate of drug-likeness (QED) is 0.524. The Bertz CT molecular complexity index is 115. The highest BCUT2D eigenvalue weighted by Gasteiger charge is 1.95. The summed E-state index contributed by atoms with van der Waals surface area (Å²) in [5.41, 5.74) is 0. The molecule has 3 heteroatoms. The van der Waals surface area contributed by atoms with Gasteiger partial charge in [-0.2, -0.15) is 0 Å². The molecule has 0 aliphatic rings. The summed E-state index contributed by atoms with van der Waals surface area (Å²) >= 11 is 0. The van der Waals surface area contributed by atoms with Gasteiger partial charge in [-0.3, -0.25) is 4.79 Å². The van der Waals surface area contributed by atoms with E-state index in [9.17, 15) is 4.79 Å². The van der Waals surface area contributed by atoms with Crippen molar-refractivity contribution in [2.45, 2.75) is 6.42 Å². The summed E-state index contributed by atoms with van der Waals surface area (Å²) in [4.78, 5) is 13.9. The SMILES string of the molecule is C=CN(C=O)CCCN(C)C. The molecule has 0 radical (unpaired) electrons. The third-order valence-corrected chi connectivity index (χ3v) is 1.39. The predicted octanol–water partition coefficient (Wildman–Crippen LogP) is 0.540. The number of hydrogen-bond acceptors (Lipinski definition) is 2. The molecule has 0 spiro atoms. The molecule has 3 nitrogen and oxygen atoms in total. The highest BCUT2D eigenvalue weighted by molar-refractivity contribution is 5.48. The van der Waals surface area contributed by atoms with Gasteiger partial charge in [-0.15, -0.1) is 0 Å². The van der Waals surface area contributed by atoms with Gasteiger partial charge in [-0.05, 0) is 33.3 Å². The van der Waals surface area contributed by atoms with Crippen LogP contribution in [0.15, 0.2) is 12.8 Å². The first-order valence-electron chi connectivity index (χ1n) is 3.69. The molecule has 0 atom stereocenters. The molecule has 0 aromatic carbocycles.